The maximum Gasteiger partial charge on any atom is 0.226 e. The van der Waals surface area contributed by atoms with Crippen LogP contribution in [-0.2, 0) is 4.79 Å². The van der Waals surface area contributed by atoms with E-state index in [0.717, 1.165) is 16.2 Å². The van der Waals surface area contributed by atoms with Gasteiger partial charge in [-0.1, -0.05) is 23.2 Å². The Balaban J connectivity index is 1.48. The predicted molar refractivity (Wildman–Crippen MR) is 113 cm³/mol. The van der Waals surface area contributed by atoms with Gasteiger partial charge in [-0.2, -0.15) is 0 Å². The molecule has 1 heterocycles. The van der Waals surface area contributed by atoms with Crippen molar-refractivity contribution in [1.29, 1.82) is 0 Å². The fraction of sp³-hybridized carbons (Fsp3) is 0.158. The lowest BCUT2D eigenvalue weighted by molar-refractivity contribution is -0.116. The van der Waals surface area contributed by atoms with E-state index in [4.69, 9.17) is 23.2 Å². The number of carbonyl (C=O) groups excluding carboxylic acids is 1. The van der Waals surface area contributed by atoms with Gasteiger partial charge in [-0.25, -0.2) is 9.37 Å². The number of hydrogen-bond donors (Lipinski definition) is 1. The summed E-state index contributed by atoms with van der Waals surface area (Å²) in [6, 6.07) is 11.5. The zero-order valence-corrected chi connectivity index (χ0v) is 17.2. The van der Waals surface area contributed by atoms with Gasteiger partial charge < -0.3 is 5.32 Å². The van der Waals surface area contributed by atoms with Crippen molar-refractivity contribution in [2.45, 2.75) is 17.7 Å². The standard InChI is InChI=1S/C19H15Cl2FN2OS2/c20-12-3-8-16(21)15(10-12)17-11-27-19(23-17)24-18(25)2-1-9-26-14-6-4-13(22)5-7-14/h3-8,10-11H,1-2,9H2,(H,23,24,25). The first kappa shape index (κ1) is 20.1. The first-order valence-electron chi connectivity index (χ1n) is 8.10. The molecule has 0 aliphatic heterocycles. The normalized spacial score (nSPS) is 10.8. The molecule has 0 atom stereocenters. The Kier molecular flexibility index (Phi) is 7.13. The van der Waals surface area contributed by atoms with Gasteiger partial charge in [0.05, 0.1) is 10.7 Å². The number of carbonyl (C=O) groups is 1. The number of hydrogen-bond acceptors (Lipinski definition) is 4. The monoisotopic (exact) mass is 440 g/mol. The van der Waals surface area contributed by atoms with Crippen molar-refractivity contribution < 1.29 is 9.18 Å². The number of amides is 1. The minimum absolute atomic E-state index is 0.0900. The summed E-state index contributed by atoms with van der Waals surface area (Å²) in [6.45, 7) is 0. The summed E-state index contributed by atoms with van der Waals surface area (Å²) in [5.74, 6) is 0.439. The molecule has 1 amide bonds. The molecule has 0 fully saturated rings. The minimum atomic E-state index is -0.249. The van der Waals surface area contributed by atoms with E-state index in [1.54, 1.807) is 42.1 Å². The largest absolute Gasteiger partial charge is 0.302 e. The second-order valence-corrected chi connectivity index (χ2v) is 8.49. The Hall–Kier alpha value is -1.60. The minimum Gasteiger partial charge on any atom is -0.302 e. The molecular formula is C19H15Cl2FN2OS2. The molecule has 0 saturated carbocycles. The third-order valence-corrected chi connectivity index (χ3v) is 6.01. The van der Waals surface area contributed by atoms with Crippen molar-refractivity contribution in [3.63, 3.8) is 0 Å². The van der Waals surface area contributed by atoms with Crippen molar-refractivity contribution in [2.24, 2.45) is 0 Å². The zero-order valence-electron chi connectivity index (χ0n) is 14.0. The lowest BCUT2D eigenvalue weighted by Crippen LogP contribution is -2.11. The van der Waals surface area contributed by atoms with Gasteiger partial charge in [-0.3, -0.25) is 4.79 Å². The Morgan fingerprint density at radius 3 is 2.74 bits per heavy atom. The smallest absolute Gasteiger partial charge is 0.226 e. The van der Waals surface area contributed by atoms with Crippen molar-refractivity contribution in [3.05, 3.63) is 63.7 Å². The lowest BCUT2D eigenvalue weighted by atomic mass is 10.2. The summed E-state index contributed by atoms with van der Waals surface area (Å²) in [6.07, 6.45) is 1.10. The van der Waals surface area contributed by atoms with Gasteiger partial charge >= 0.3 is 0 Å². The number of nitrogens with zero attached hydrogens (tertiary/aromatic N) is 1. The van der Waals surface area contributed by atoms with Crippen LogP contribution in [0.1, 0.15) is 12.8 Å². The second-order valence-electron chi connectivity index (χ2n) is 5.62. The fourth-order valence-corrected chi connectivity index (χ4v) is 4.25. The van der Waals surface area contributed by atoms with Crippen LogP contribution in [0.15, 0.2) is 52.7 Å². The van der Waals surface area contributed by atoms with E-state index < -0.39 is 0 Å². The third kappa shape index (κ3) is 5.94. The topological polar surface area (TPSA) is 42.0 Å². The number of anilines is 1. The first-order valence-corrected chi connectivity index (χ1v) is 10.7. The van der Waals surface area contributed by atoms with E-state index in [9.17, 15) is 9.18 Å². The van der Waals surface area contributed by atoms with Crippen LogP contribution in [0.2, 0.25) is 10.0 Å². The molecule has 1 N–H and O–H groups in total. The van der Waals surface area contributed by atoms with E-state index in [1.165, 1.54) is 23.5 Å². The maximum absolute atomic E-state index is 12.9. The number of rotatable bonds is 7. The van der Waals surface area contributed by atoms with Crippen LogP contribution in [0.4, 0.5) is 9.52 Å². The number of aromatic nitrogens is 1. The number of benzene rings is 2. The highest BCUT2D eigenvalue weighted by atomic mass is 35.5. The van der Waals surface area contributed by atoms with E-state index in [-0.39, 0.29) is 11.7 Å². The maximum atomic E-state index is 12.9. The molecule has 140 valence electrons. The Morgan fingerprint density at radius 1 is 1.19 bits per heavy atom. The van der Waals surface area contributed by atoms with E-state index in [1.807, 2.05) is 5.38 Å². The Labute approximate surface area is 174 Å². The van der Waals surface area contributed by atoms with Crippen molar-refractivity contribution in [3.8, 4) is 11.3 Å². The highest BCUT2D eigenvalue weighted by molar-refractivity contribution is 7.99. The van der Waals surface area contributed by atoms with Crippen molar-refractivity contribution in [1.82, 2.24) is 4.98 Å². The van der Waals surface area contributed by atoms with Gasteiger partial charge in [-0.15, -0.1) is 23.1 Å². The molecule has 0 radical (unpaired) electrons. The molecule has 3 nitrogen and oxygen atoms in total. The fourth-order valence-electron chi connectivity index (χ4n) is 2.28. The quantitative estimate of drug-likeness (QED) is 0.325. The SMILES string of the molecule is O=C(CCCSc1ccc(F)cc1)Nc1nc(-c2cc(Cl)ccc2Cl)cs1. The van der Waals surface area contributed by atoms with Crippen LogP contribution < -0.4 is 5.32 Å². The molecule has 27 heavy (non-hydrogen) atoms. The summed E-state index contributed by atoms with van der Waals surface area (Å²) in [4.78, 5) is 17.5. The summed E-state index contributed by atoms with van der Waals surface area (Å²) >= 11 is 15.1. The van der Waals surface area contributed by atoms with Crippen LogP contribution in [0, 0.1) is 5.82 Å². The van der Waals surface area contributed by atoms with E-state index >= 15 is 0 Å². The van der Waals surface area contributed by atoms with Gasteiger partial charge in [-0.05, 0) is 54.6 Å². The Morgan fingerprint density at radius 2 is 1.96 bits per heavy atom. The molecule has 2 aromatic carbocycles. The summed E-state index contributed by atoms with van der Waals surface area (Å²) in [5.41, 5.74) is 1.41. The van der Waals surface area contributed by atoms with Crippen LogP contribution in [0.25, 0.3) is 11.3 Å². The predicted octanol–water partition coefficient (Wildman–Crippen LogP) is 6.77. The summed E-state index contributed by atoms with van der Waals surface area (Å²) in [5, 5.41) is 6.29. The van der Waals surface area contributed by atoms with Crippen LogP contribution in [0.5, 0.6) is 0 Å². The molecule has 0 unspecified atom stereocenters. The second kappa shape index (κ2) is 9.55. The number of nitrogens with one attached hydrogen (secondary N) is 1. The molecule has 0 bridgehead atoms. The molecule has 0 saturated heterocycles. The molecule has 1 aromatic heterocycles. The van der Waals surface area contributed by atoms with Gasteiger partial charge in [0.15, 0.2) is 5.13 Å². The van der Waals surface area contributed by atoms with E-state index in [0.29, 0.717) is 33.7 Å². The van der Waals surface area contributed by atoms with Crippen LogP contribution in [0.3, 0.4) is 0 Å². The average Bonchev–Trinajstić information content (AvgIpc) is 3.10. The van der Waals surface area contributed by atoms with Crippen LogP contribution in [-0.4, -0.2) is 16.6 Å². The highest BCUT2D eigenvalue weighted by Gasteiger charge is 2.11. The highest BCUT2D eigenvalue weighted by Crippen LogP contribution is 2.32. The number of halogens is 3. The number of thioether (sulfide) groups is 1. The molecule has 3 aromatic rings. The molecule has 8 heteroatoms. The third-order valence-electron chi connectivity index (χ3n) is 3.59. The molecule has 3 rings (SSSR count). The zero-order chi connectivity index (χ0) is 19.2. The van der Waals surface area contributed by atoms with Gasteiger partial charge in [0, 0.05) is 27.3 Å². The average molecular weight is 441 g/mol. The van der Waals surface area contributed by atoms with Crippen molar-refractivity contribution >= 4 is 57.3 Å². The van der Waals surface area contributed by atoms with Gasteiger partial charge in [0.25, 0.3) is 0 Å². The van der Waals surface area contributed by atoms with Crippen LogP contribution >= 0.6 is 46.3 Å². The molecule has 0 spiro atoms. The first-order chi connectivity index (χ1) is 13.0. The molecular weight excluding hydrogens is 426 g/mol. The number of thiazole rings is 1. The van der Waals surface area contributed by atoms with Gasteiger partial charge in [0.1, 0.15) is 5.82 Å². The van der Waals surface area contributed by atoms with Crippen molar-refractivity contribution in [2.75, 3.05) is 11.1 Å². The molecule has 0 aliphatic carbocycles. The molecule has 0 aliphatic rings. The summed E-state index contributed by atoms with van der Waals surface area (Å²) in [7, 11) is 0. The Bertz CT molecular complexity index is 932. The lowest BCUT2D eigenvalue weighted by Gasteiger charge is -2.03. The van der Waals surface area contributed by atoms with Gasteiger partial charge in [0.2, 0.25) is 5.91 Å². The van der Waals surface area contributed by atoms with E-state index in [2.05, 4.69) is 10.3 Å². The summed E-state index contributed by atoms with van der Waals surface area (Å²) < 4.78 is 12.9.